The van der Waals surface area contributed by atoms with Gasteiger partial charge in [-0.15, -0.1) is 0 Å². The van der Waals surface area contributed by atoms with Gasteiger partial charge in [0.2, 0.25) is 0 Å². The molecule has 32 heavy (non-hydrogen) atoms. The fourth-order valence-electron chi connectivity index (χ4n) is 2.04. The highest BCUT2D eigenvalue weighted by atomic mass is 16.6. The SMILES string of the molecule is C=COCCOCCOCCOCCOCCOCCOCCOCC(=O)OC(C)(C)C. The third-order valence-corrected chi connectivity index (χ3v) is 3.34. The van der Waals surface area contributed by atoms with E-state index in [0.717, 1.165) is 0 Å². The van der Waals surface area contributed by atoms with Gasteiger partial charge in [-0.1, -0.05) is 6.58 Å². The molecule has 0 N–H and O–H groups in total. The summed E-state index contributed by atoms with van der Waals surface area (Å²) in [6, 6.07) is 0. The molecule has 0 radical (unpaired) electrons. The third kappa shape index (κ3) is 26.8. The van der Waals surface area contributed by atoms with E-state index in [-0.39, 0.29) is 12.6 Å². The maximum absolute atomic E-state index is 11.4. The van der Waals surface area contributed by atoms with Gasteiger partial charge in [-0.3, -0.25) is 0 Å². The Labute approximate surface area is 192 Å². The molecule has 0 spiro atoms. The first-order valence-electron chi connectivity index (χ1n) is 10.9. The van der Waals surface area contributed by atoms with Gasteiger partial charge in [-0.25, -0.2) is 4.79 Å². The van der Waals surface area contributed by atoms with Crippen molar-refractivity contribution in [3.63, 3.8) is 0 Å². The first-order chi connectivity index (χ1) is 15.5. The zero-order chi connectivity index (χ0) is 23.8. The van der Waals surface area contributed by atoms with Gasteiger partial charge in [0.05, 0.1) is 92.2 Å². The van der Waals surface area contributed by atoms with Crippen molar-refractivity contribution in [3.05, 3.63) is 12.8 Å². The van der Waals surface area contributed by atoms with Crippen molar-refractivity contribution in [1.82, 2.24) is 0 Å². The van der Waals surface area contributed by atoms with Crippen molar-refractivity contribution in [2.45, 2.75) is 26.4 Å². The molecule has 0 saturated carbocycles. The largest absolute Gasteiger partial charge is 0.499 e. The Balaban J connectivity index is 3.11. The zero-order valence-corrected chi connectivity index (χ0v) is 20.0. The second kappa shape index (κ2) is 22.9. The van der Waals surface area contributed by atoms with Crippen LogP contribution in [0, 0.1) is 0 Å². The maximum atomic E-state index is 11.4. The maximum Gasteiger partial charge on any atom is 0.332 e. The van der Waals surface area contributed by atoms with Crippen LogP contribution in [0.2, 0.25) is 0 Å². The van der Waals surface area contributed by atoms with Gasteiger partial charge >= 0.3 is 5.97 Å². The average molecular weight is 467 g/mol. The van der Waals surface area contributed by atoms with E-state index >= 15 is 0 Å². The molecule has 0 fully saturated rings. The fourth-order valence-corrected chi connectivity index (χ4v) is 2.04. The van der Waals surface area contributed by atoms with E-state index in [0.29, 0.717) is 92.5 Å². The summed E-state index contributed by atoms with van der Waals surface area (Å²) in [5, 5.41) is 0. The molecule has 190 valence electrons. The van der Waals surface area contributed by atoms with Gasteiger partial charge in [-0.05, 0) is 20.8 Å². The molecule has 10 heteroatoms. The molecule has 0 aromatic rings. The molecule has 0 rings (SSSR count). The summed E-state index contributed by atoms with van der Waals surface area (Å²) >= 11 is 0. The van der Waals surface area contributed by atoms with E-state index in [1.165, 1.54) is 6.26 Å². The number of carbonyl (C=O) groups is 1. The number of rotatable bonds is 24. The van der Waals surface area contributed by atoms with Crippen molar-refractivity contribution in [1.29, 1.82) is 0 Å². The van der Waals surface area contributed by atoms with Gasteiger partial charge < -0.3 is 42.6 Å². The lowest BCUT2D eigenvalue weighted by Crippen LogP contribution is -2.27. The lowest BCUT2D eigenvalue weighted by atomic mass is 10.2. The predicted octanol–water partition coefficient (Wildman–Crippen LogP) is 1.60. The van der Waals surface area contributed by atoms with Crippen LogP contribution in [0.25, 0.3) is 0 Å². The standard InChI is InChI=1S/C22H42O10/c1-5-24-6-7-25-8-9-26-10-11-27-12-13-28-14-15-29-16-17-30-18-19-31-20-21(23)32-22(2,3)4/h5H,1,6-20H2,2-4H3. The van der Waals surface area contributed by atoms with Crippen LogP contribution in [-0.2, 0) is 47.4 Å². The molecule has 0 saturated heterocycles. The molecular formula is C22H42O10. The third-order valence-electron chi connectivity index (χ3n) is 3.34. The number of ether oxygens (including phenoxy) is 9. The van der Waals surface area contributed by atoms with Crippen LogP contribution >= 0.6 is 0 Å². The monoisotopic (exact) mass is 466 g/mol. The topological polar surface area (TPSA) is 100 Å². The van der Waals surface area contributed by atoms with Crippen molar-refractivity contribution in [3.8, 4) is 0 Å². The Morgan fingerprint density at radius 1 is 0.594 bits per heavy atom. The zero-order valence-electron chi connectivity index (χ0n) is 20.0. The van der Waals surface area contributed by atoms with Crippen LogP contribution in [0.1, 0.15) is 20.8 Å². The Morgan fingerprint density at radius 2 is 0.906 bits per heavy atom. The highest BCUT2D eigenvalue weighted by Crippen LogP contribution is 2.06. The van der Waals surface area contributed by atoms with Crippen LogP contribution < -0.4 is 0 Å². The second-order valence-electron chi connectivity index (χ2n) is 7.35. The predicted molar refractivity (Wildman–Crippen MR) is 118 cm³/mol. The molecule has 0 aliphatic carbocycles. The van der Waals surface area contributed by atoms with Gasteiger partial charge in [0, 0.05) is 0 Å². The van der Waals surface area contributed by atoms with Crippen molar-refractivity contribution in [2.24, 2.45) is 0 Å². The molecule has 0 aromatic heterocycles. The molecule has 0 aromatic carbocycles. The molecule has 0 aliphatic heterocycles. The lowest BCUT2D eigenvalue weighted by molar-refractivity contribution is -0.160. The number of hydrogen-bond donors (Lipinski definition) is 0. The number of carbonyl (C=O) groups excluding carboxylic acids is 1. The molecule has 0 unspecified atom stereocenters. The Bertz CT molecular complexity index is 425. The Morgan fingerprint density at radius 3 is 1.22 bits per heavy atom. The van der Waals surface area contributed by atoms with E-state index in [1.807, 2.05) is 20.8 Å². The highest BCUT2D eigenvalue weighted by molar-refractivity contribution is 5.71. The van der Waals surface area contributed by atoms with E-state index in [4.69, 9.17) is 42.6 Å². The van der Waals surface area contributed by atoms with Crippen LogP contribution in [0.15, 0.2) is 12.8 Å². The molecule has 0 atom stereocenters. The first kappa shape index (κ1) is 30.7. The van der Waals surface area contributed by atoms with E-state index in [1.54, 1.807) is 0 Å². The van der Waals surface area contributed by atoms with E-state index in [2.05, 4.69) is 6.58 Å². The normalized spacial score (nSPS) is 11.5. The highest BCUT2D eigenvalue weighted by Gasteiger charge is 2.15. The summed E-state index contributed by atoms with van der Waals surface area (Å²) in [4.78, 5) is 11.4. The van der Waals surface area contributed by atoms with Gasteiger partial charge in [-0.2, -0.15) is 0 Å². The van der Waals surface area contributed by atoms with Gasteiger partial charge in [0.15, 0.2) is 0 Å². The summed E-state index contributed by atoms with van der Waals surface area (Å²) in [7, 11) is 0. The van der Waals surface area contributed by atoms with Crippen molar-refractivity contribution < 1.29 is 47.4 Å². The molecule has 0 heterocycles. The first-order valence-corrected chi connectivity index (χ1v) is 10.9. The summed E-state index contributed by atoms with van der Waals surface area (Å²) in [5.41, 5.74) is -0.502. The molecule has 0 bridgehead atoms. The van der Waals surface area contributed by atoms with Crippen LogP contribution in [0.4, 0.5) is 0 Å². The van der Waals surface area contributed by atoms with Gasteiger partial charge in [0.1, 0.15) is 18.8 Å². The summed E-state index contributed by atoms with van der Waals surface area (Å²) < 4.78 is 47.5. The van der Waals surface area contributed by atoms with Gasteiger partial charge in [0.25, 0.3) is 0 Å². The summed E-state index contributed by atoms with van der Waals surface area (Å²) in [6.07, 6.45) is 1.39. The van der Waals surface area contributed by atoms with E-state index < -0.39 is 5.60 Å². The Kier molecular flexibility index (Phi) is 22.0. The van der Waals surface area contributed by atoms with E-state index in [9.17, 15) is 4.79 Å². The minimum absolute atomic E-state index is 0.0763. The Hall–Kier alpha value is -1.27. The lowest BCUT2D eigenvalue weighted by Gasteiger charge is -2.19. The smallest absolute Gasteiger partial charge is 0.332 e. The van der Waals surface area contributed by atoms with Crippen molar-refractivity contribution >= 4 is 5.97 Å². The molecule has 0 amide bonds. The minimum atomic E-state index is -0.502. The molecule has 10 nitrogen and oxygen atoms in total. The van der Waals surface area contributed by atoms with Crippen molar-refractivity contribution in [2.75, 3.05) is 99.1 Å². The summed E-state index contributed by atoms with van der Waals surface area (Å²) in [6.45, 7) is 15.5. The quantitative estimate of drug-likeness (QED) is 0.118. The fraction of sp³-hybridized carbons (Fsp3) is 0.864. The average Bonchev–Trinajstić information content (AvgIpc) is 2.73. The summed E-state index contributed by atoms with van der Waals surface area (Å²) in [5.74, 6) is -0.382. The number of esters is 1. The minimum Gasteiger partial charge on any atom is -0.499 e. The van der Waals surface area contributed by atoms with Crippen LogP contribution in [-0.4, -0.2) is 111 Å². The molecule has 0 aliphatic rings. The molecular weight excluding hydrogens is 424 g/mol. The number of hydrogen-bond acceptors (Lipinski definition) is 10. The van der Waals surface area contributed by atoms with Crippen LogP contribution in [0.5, 0.6) is 0 Å². The van der Waals surface area contributed by atoms with Crippen LogP contribution in [0.3, 0.4) is 0 Å². The second-order valence-corrected chi connectivity index (χ2v) is 7.35.